The first kappa shape index (κ1) is 19.9. The van der Waals surface area contributed by atoms with E-state index in [-0.39, 0.29) is 16.9 Å². The maximum atomic E-state index is 12.5. The molecule has 0 aliphatic rings. The molecule has 0 bridgehead atoms. The summed E-state index contributed by atoms with van der Waals surface area (Å²) in [6, 6.07) is 12.8. The molecule has 0 aliphatic heterocycles. The van der Waals surface area contributed by atoms with Crippen LogP contribution in [0.3, 0.4) is 0 Å². The standard InChI is InChI=1S/C18H17N3O5S/c19-10-9-13(11-27(25,26)16-7-3-14(20)4-8-16)17(22)21-15-5-1-12(2-6-15)18(23)24/h1-8,13H,9,11,20H2,(H,21,22)(H,23,24)/t13-/m1/s1. The second-order valence-corrected chi connectivity index (χ2v) is 7.82. The van der Waals surface area contributed by atoms with Crippen molar-refractivity contribution in [3.8, 4) is 6.07 Å². The molecular formula is C18H17N3O5S. The van der Waals surface area contributed by atoms with Gasteiger partial charge in [0.2, 0.25) is 5.91 Å². The Morgan fingerprint density at radius 3 is 2.22 bits per heavy atom. The Bertz CT molecular complexity index is 977. The van der Waals surface area contributed by atoms with Crippen molar-refractivity contribution in [2.45, 2.75) is 11.3 Å². The topological polar surface area (TPSA) is 150 Å². The van der Waals surface area contributed by atoms with Crippen LogP contribution in [0.5, 0.6) is 0 Å². The van der Waals surface area contributed by atoms with Crippen LogP contribution in [0.25, 0.3) is 0 Å². The van der Waals surface area contributed by atoms with E-state index in [1.54, 1.807) is 0 Å². The van der Waals surface area contributed by atoms with Gasteiger partial charge < -0.3 is 16.2 Å². The highest BCUT2D eigenvalue weighted by atomic mass is 32.2. The molecule has 4 N–H and O–H groups in total. The third-order valence-corrected chi connectivity index (χ3v) is 5.60. The van der Waals surface area contributed by atoms with Crippen LogP contribution in [0.4, 0.5) is 11.4 Å². The molecule has 0 radical (unpaired) electrons. The largest absolute Gasteiger partial charge is 0.478 e. The normalized spacial score (nSPS) is 12.0. The van der Waals surface area contributed by atoms with Gasteiger partial charge in [0.1, 0.15) is 0 Å². The van der Waals surface area contributed by atoms with Gasteiger partial charge >= 0.3 is 5.97 Å². The molecule has 9 heteroatoms. The minimum atomic E-state index is -3.80. The molecule has 0 aromatic heterocycles. The number of carboxylic acids is 1. The molecule has 0 heterocycles. The number of nitriles is 1. The van der Waals surface area contributed by atoms with Crippen molar-refractivity contribution in [1.82, 2.24) is 0 Å². The van der Waals surface area contributed by atoms with Crippen molar-refractivity contribution in [2.24, 2.45) is 5.92 Å². The highest BCUT2D eigenvalue weighted by molar-refractivity contribution is 7.91. The van der Waals surface area contributed by atoms with E-state index in [0.29, 0.717) is 11.4 Å². The number of amides is 1. The van der Waals surface area contributed by atoms with Crippen LogP contribution >= 0.6 is 0 Å². The monoisotopic (exact) mass is 387 g/mol. The van der Waals surface area contributed by atoms with Gasteiger partial charge in [-0.15, -0.1) is 0 Å². The Labute approximate surface area is 156 Å². The van der Waals surface area contributed by atoms with Gasteiger partial charge in [-0.3, -0.25) is 4.79 Å². The molecule has 0 unspecified atom stereocenters. The number of carbonyl (C=O) groups is 2. The Kier molecular flexibility index (Phi) is 6.15. The number of carboxylic acid groups (broad SMARTS) is 1. The highest BCUT2D eigenvalue weighted by Gasteiger charge is 2.27. The zero-order valence-electron chi connectivity index (χ0n) is 14.1. The number of rotatable bonds is 7. The van der Waals surface area contributed by atoms with Gasteiger partial charge in [-0.1, -0.05) is 0 Å². The van der Waals surface area contributed by atoms with E-state index in [2.05, 4.69) is 5.32 Å². The SMILES string of the molecule is N#CC[C@H](CS(=O)(=O)c1ccc(N)cc1)C(=O)Nc1ccc(C(=O)O)cc1. The summed E-state index contributed by atoms with van der Waals surface area (Å²) in [5.74, 6) is -3.37. The molecule has 8 nitrogen and oxygen atoms in total. The second kappa shape index (κ2) is 8.33. The average Bonchev–Trinajstić information content (AvgIpc) is 2.62. The molecule has 0 spiro atoms. The van der Waals surface area contributed by atoms with E-state index in [9.17, 15) is 18.0 Å². The Balaban J connectivity index is 2.15. The van der Waals surface area contributed by atoms with Crippen molar-refractivity contribution in [3.63, 3.8) is 0 Å². The van der Waals surface area contributed by atoms with Gasteiger partial charge in [0.05, 0.1) is 28.2 Å². The summed E-state index contributed by atoms with van der Waals surface area (Å²) >= 11 is 0. The third-order valence-electron chi connectivity index (χ3n) is 3.77. The summed E-state index contributed by atoms with van der Waals surface area (Å²) < 4.78 is 25.0. The molecule has 1 atom stereocenters. The lowest BCUT2D eigenvalue weighted by Crippen LogP contribution is -2.29. The van der Waals surface area contributed by atoms with Crippen LogP contribution in [-0.4, -0.2) is 31.2 Å². The van der Waals surface area contributed by atoms with E-state index in [1.165, 1.54) is 48.5 Å². The van der Waals surface area contributed by atoms with Crippen LogP contribution in [0, 0.1) is 17.2 Å². The summed E-state index contributed by atoms with van der Waals surface area (Å²) in [7, 11) is -3.80. The smallest absolute Gasteiger partial charge is 0.335 e. The predicted molar refractivity (Wildman–Crippen MR) is 98.7 cm³/mol. The number of nitrogens with two attached hydrogens (primary N) is 1. The third kappa shape index (κ3) is 5.29. The maximum Gasteiger partial charge on any atom is 0.335 e. The van der Waals surface area contributed by atoms with E-state index in [0.717, 1.165) is 0 Å². The summed E-state index contributed by atoms with van der Waals surface area (Å²) in [6.07, 6.45) is -0.284. The van der Waals surface area contributed by atoms with E-state index in [4.69, 9.17) is 16.1 Å². The van der Waals surface area contributed by atoms with Crippen LogP contribution in [-0.2, 0) is 14.6 Å². The number of nitrogens with one attached hydrogen (secondary N) is 1. The average molecular weight is 387 g/mol. The summed E-state index contributed by atoms with van der Waals surface area (Å²) in [5.41, 5.74) is 6.30. The predicted octanol–water partition coefficient (Wildman–Crippen LogP) is 1.91. The fraction of sp³-hybridized carbons (Fsp3) is 0.167. The second-order valence-electron chi connectivity index (χ2n) is 5.78. The van der Waals surface area contributed by atoms with Crippen molar-refractivity contribution in [2.75, 3.05) is 16.8 Å². The lowest BCUT2D eigenvalue weighted by atomic mass is 10.1. The number of carbonyl (C=O) groups excluding carboxylic acids is 1. The summed E-state index contributed by atoms with van der Waals surface area (Å²) in [6.45, 7) is 0. The lowest BCUT2D eigenvalue weighted by Gasteiger charge is -2.15. The van der Waals surface area contributed by atoms with Gasteiger partial charge in [-0.05, 0) is 48.5 Å². The first-order valence-corrected chi connectivity index (χ1v) is 9.47. The van der Waals surface area contributed by atoms with Gasteiger partial charge in [0, 0.05) is 17.8 Å². The van der Waals surface area contributed by atoms with Crippen molar-refractivity contribution in [1.29, 1.82) is 5.26 Å². The van der Waals surface area contributed by atoms with Crippen molar-refractivity contribution < 1.29 is 23.1 Å². The van der Waals surface area contributed by atoms with Gasteiger partial charge in [-0.2, -0.15) is 5.26 Å². The number of hydrogen-bond acceptors (Lipinski definition) is 6. The fourth-order valence-corrected chi connectivity index (χ4v) is 3.86. The molecule has 27 heavy (non-hydrogen) atoms. The number of nitrogens with zero attached hydrogens (tertiary/aromatic N) is 1. The first-order valence-electron chi connectivity index (χ1n) is 7.82. The number of nitrogen functional groups attached to an aromatic ring is 1. The van der Waals surface area contributed by atoms with Gasteiger partial charge in [-0.25, -0.2) is 13.2 Å². The maximum absolute atomic E-state index is 12.5. The van der Waals surface area contributed by atoms with Crippen LogP contribution in [0.1, 0.15) is 16.8 Å². The van der Waals surface area contributed by atoms with Crippen LogP contribution in [0.2, 0.25) is 0 Å². The molecule has 0 saturated heterocycles. The van der Waals surface area contributed by atoms with Crippen molar-refractivity contribution >= 4 is 33.1 Å². The van der Waals surface area contributed by atoms with E-state index in [1.807, 2.05) is 6.07 Å². The number of anilines is 2. The molecule has 140 valence electrons. The molecule has 2 aromatic carbocycles. The number of aromatic carboxylic acids is 1. The molecule has 2 aromatic rings. The van der Waals surface area contributed by atoms with Gasteiger partial charge in [0.15, 0.2) is 9.84 Å². The molecule has 0 saturated carbocycles. The zero-order valence-corrected chi connectivity index (χ0v) is 14.9. The Hall–Kier alpha value is -3.38. The minimum Gasteiger partial charge on any atom is -0.478 e. The number of benzene rings is 2. The summed E-state index contributed by atoms with van der Waals surface area (Å²) in [4.78, 5) is 23.3. The van der Waals surface area contributed by atoms with Crippen molar-refractivity contribution in [3.05, 3.63) is 54.1 Å². The van der Waals surface area contributed by atoms with Gasteiger partial charge in [0.25, 0.3) is 0 Å². The van der Waals surface area contributed by atoms with E-state index >= 15 is 0 Å². The first-order chi connectivity index (χ1) is 12.7. The minimum absolute atomic E-state index is 0.0123. The highest BCUT2D eigenvalue weighted by Crippen LogP contribution is 2.19. The Morgan fingerprint density at radius 1 is 1.11 bits per heavy atom. The van der Waals surface area contributed by atoms with Crippen LogP contribution < -0.4 is 11.1 Å². The van der Waals surface area contributed by atoms with Crippen LogP contribution in [0.15, 0.2) is 53.4 Å². The molecular weight excluding hydrogens is 370 g/mol. The molecule has 2 rings (SSSR count). The molecule has 0 aliphatic carbocycles. The van der Waals surface area contributed by atoms with E-state index < -0.39 is 33.4 Å². The quantitative estimate of drug-likeness (QED) is 0.614. The number of hydrogen-bond donors (Lipinski definition) is 3. The Morgan fingerprint density at radius 2 is 1.70 bits per heavy atom. The summed E-state index contributed by atoms with van der Waals surface area (Å²) in [5, 5.41) is 20.3. The molecule has 0 fully saturated rings. The number of sulfone groups is 1. The fourth-order valence-electron chi connectivity index (χ4n) is 2.31. The lowest BCUT2D eigenvalue weighted by molar-refractivity contribution is -0.119. The molecule has 1 amide bonds. The zero-order chi connectivity index (χ0) is 20.0.